The van der Waals surface area contributed by atoms with E-state index in [9.17, 15) is 4.79 Å². The van der Waals surface area contributed by atoms with Crippen molar-refractivity contribution in [3.05, 3.63) is 0 Å². The van der Waals surface area contributed by atoms with E-state index in [1.807, 2.05) is 20.8 Å². The van der Waals surface area contributed by atoms with E-state index in [0.717, 1.165) is 6.54 Å². The zero-order valence-electron chi connectivity index (χ0n) is 8.22. The molecule has 72 valence electrons. The number of carbonyl (C=O) groups is 1. The van der Waals surface area contributed by atoms with Crippen LogP contribution in [0.15, 0.2) is 0 Å². The quantitative estimate of drug-likeness (QED) is 0.623. The summed E-state index contributed by atoms with van der Waals surface area (Å²) in [5, 5.41) is 3.18. The molecule has 0 aliphatic carbocycles. The highest BCUT2D eigenvalue weighted by molar-refractivity contribution is 5.80. The first kappa shape index (κ1) is 11.6. The van der Waals surface area contributed by atoms with Gasteiger partial charge < -0.3 is 10.1 Å². The van der Waals surface area contributed by atoms with E-state index < -0.39 is 0 Å². The van der Waals surface area contributed by atoms with Gasteiger partial charge >= 0.3 is 0 Å². The topological polar surface area (TPSA) is 38.3 Å². The molecule has 0 fully saturated rings. The van der Waals surface area contributed by atoms with Crippen molar-refractivity contribution in [1.29, 1.82) is 0 Å². The monoisotopic (exact) mass is 173 g/mol. The molecule has 12 heavy (non-hydrogen) atoms. The van der Waals surface area contributed by atoms with E-state index in [1.54, 1.807) is 0 Å². The smallest absolute Gasteiger partial charge is 0.160 e. The van der Waals surface area contributed by atoms with Crippen LogP contribution in [0.3, 0.4) is 0 Å². The van der Waals surface area contributed by atoms with Crippen LogP contribution in [0.25, 0.3) is 0 Å². The summed E-state index contributed by atoms with van der Waals surface area (Å²) in [7, 11) is 0. The maximum absolute atomic E-state index is 11.1. The van der Waals surface area contributed by atoms with Crippen LogP contribution >= 0.6 is 0 Å². The molecule has 0 aromatic carbocycles. The highest BCUT2D eigenvalue weighted by Gasteiger charge is 2.06. The van der Waals surface area contributed by atoms with Gasteiger partial charge in [0, 0.05) is 19.1 Å². The minimum atomic E-state index is 0.172. The summed E-state index contributed by atoms with van der Waals surface area (Å²) < 4.78 is 5.00. The second-order valence-corrected chi connectivity index (χ2v) is 2.84. The standard InChI is InChI=1S/C9H19NO2/c1-4-10-8(3)6-9(11)7-12-5-2/h8,10H,4-7H2,1-3H3. The summed E-state index contributed by atoms with van der Waals surface area (Å²) in [6.07, 6.45) is 0.563. The molecule has 3 heteroatoms. The van der Waals surface area contributed by atoms with Crippen LogP contribution in [-0.2, 0) is 9.53 Å². The molecule has 3 nitrogen and oxygen atoms in total. The molecule has 0 spiro atoms. The fourth-order valence-electron chi connectivity index (χ4n) is 1.04. The van der Waals surface area contributed by atoms with Crippen LogP contribution in [0.2, 0.25) is 0 Å². The van der Waals surface area contributed by atoms with Crippen molar-refractivity contribution in [3.8, 4) is 0 Å². The van der Waals surface area contributed by atoms with E-state index in [2.05, 4.69) is 5.32 Å². The number of ether oxygens (including phenoxy) is 1. The van der Waals surface area contributed by atoms with Gasteiger partial charge in [0.15, 0.2) is 5.78 Å². The Kier molecular flexibility index (Phi) is 7.00. The van der Waals surface area contributed by atoms with Crippen molar-refractivity contribution < 1.29 is 9.53 Å². The van der Waals surface area contributed by atoms with E-state index in [-0.39, 0.29) is 18.4 Å². The Balaban J connectivity index is 3.40. The lowest BCUT2D eigenvalue weighted by molar-refractivity contribution is -0.123. The Morgan fingerprint density at radius 1 is 1.50 bits per heavy atom. The molecular formula is C9H19NO2. The first-order valence-electron chi connectivity index (χ1n) is 4.53. The third-order valence-corrected chi connectivity index (χ3v) is 1.55. The number of nitrogens with one attached hydrogen (secondary N) is 1. The highest BCUT2D eigenvalue weighted by Crippen LogP contribution is 1.92. The van der Waals surface area contributed by atoms with Gasteiger partial charge in [0.2, 0.25) is 0 Å². The number of hydrogen-bond donors (Lipinski definition) is 1. The molecule has 0 amide bonds. The zero-order chi connectivity index (χ0) is 9.40. The van der Waals surface area contributed by atoms with Crippen molar-refractivity contribution in [2.24, 2.45) is 0 Å². The van der Waals surface area contributed by atoms with Crippen LogP contribution in [-0.4, -0.2) is 31.6 Å². The van der Waals surface area contributed by atoms with Gasteiger partial charge in [-0.05, 0) is 20.4 Å². The molecule has 0 saturated heterocycles. The Morgan fingerprint density at radius 2 is 2.17 bits per heavy atom. The summed E-state index contributed by atoms with van der Waals surface area (Å²) in [5.41, 5.74) is 0. The lowest BCUT2D eigenvalue weighted by Crippen LogP contribution is -2.29. The second-order valence-electron chi connectivity index (χ2n) is 2.84. The largest absolute Gasteiger partial charge is 0.374 e. The number of carbonyl (C=O) groups excluding carboxylic acids is 1. The molecular weight excluding hydrogens is 154 g/mol. The number of Topliss-reactive ketones (excluding diaryl/α,β-unsaturated/α-hetero) is 1. The number of hydrogen-bond acceptors (Lipinski definition) is 3. The van der Waals surface area contributed by atoms with Crippen LogP contribution in [0, 0.1) is 0 Å². The van der Waals surface area contributed by atoms with E-state index >= 15 is 0 Å². The van der Waals surface area contributed by atoms with Gasteiger partial charge in [0.1, 0.15) is 6.61 Å². The van der Waals surface area contributed by atoms with Crippen LogP contribution in [0.5, 0.6) is 0 Å². The fourth-order valence-corrected chi connectivity index (χ4v) is 1.04. The Labute approximate surface area is 74.5 Å². The SMILES string of the molecule is CCNC(C)CC(=O)COCC. The fraction of sp³-hybridized carbons (Fsp3) is 0.889. The molecule has 0 saturated carbocycles. The van der Waals surface area contributed by atoms with Gasteiger partial charge in [0.25, 0.3) is 0 Å². The summed E-state index contributed by atoms with van der Waals surface area (Å²) in [6.45, 7) is 7.70. The van der Waals surface area contributed by atoms with Crippen molar-refractivity contribution in [1.82, 2.24) is 5.32 Å². The molecule has 1 atom stereocenters. The van der Waals surface area contributed by atoms with Crippen LogP contribution in [0.1, 0.15) is 27.2 Å². The molecule has 0 bridgehead atoms. The molecule has 1 N–H and O–H groups in total. The lowest BCUT2D eigenvalue weighted by atomic mass is 10.2. The molecule has 0 heterocycles. The Hall–Kier alpha value is -0.410. The minimum absolute atomic E-state index is 0.172. The van der Waals surface area contributed by atoms with Gasteiger partial charge in [-0.1, -0.05) is 6.92 Å². The average molecular weight is 173 g/mol. The predicted octanol–water partition coefficient (Wildman–Crippen LogP) is 0.980. The maximum Gasteiger partial charge on any atom is 0.160 e. The van der Waals surface area contributed by atoms with Gasteiger partial charge in [-0.25, -0.2) is 0 Å². The van der Waals surface area contributed by atoms with Crippen molar-refractivity contribution in [2.45, 2.75) is 33.2 Å². The van der Waals surface area contributed by atoms with E-state index in [4.69, 9.17) is 4.74 Å². The molecule has 0 aliphatic rings. The third-order valence-electron chi connectivity index (χ3n) is 1.55. The van der Waals surface area contributed by atoms with Crippen LogP contribution < -0.4 is 5.32 Å². The van der Waals surface area contributed by atoms with Crippen molar-refractivity contribution >= 4 is 5.78 Å². The number of ketones is 1. The first-order chi connectivity index (χ1) is 5.70. The summed E-state index contributed by atoms with van der Waals surface area (Å²) in [6, 6.07) is 0.267. The minimum Gasteiger partial charge on any atom is -0.374 e. The Bertz CT molecular complexity index is 126. The van der Waals surface area contributed by atoms with Gasteiger partial charge in [0.05, 0.1) is 0 Å². The Morgan fingerprint density at radius 3 is 2.67 bits per heavy atom. The molecule has 1 unspecified atom stereocenters. The molecule has 0 aromatic heterocycles. The van der Waals surface area contributed by atoms with E-state index in [0.29, 0.717) is 13.0 Å². The molecule has 0 aliphatic heterocycles. The summed E-state index contributed by atoms with van der Waals surface area (Å²) in [4.78, 5) is 11.1. The van der Waals surface area contributed by atoms with Crippen molar-refractivity contribution in [3.63, 3.8) is 0 Å². The molecule has 0 radical (unpaired) electrons. The second kappa shape index (κ2) is 7.25. The zero-order valence-corrected chi connectivity index (χ0v) is 8.22. The molecule has 0 aromatic rings. The highest BCUT2D eigenvalue weighted by atomic mass is 16.5. The summed E-state index contributed by atoms with van der Waals surface area (Å²) in [5.74, 6) is 0.172. The number of rotatable bonds is 7. The first-order valence-corrected chi connectivity index (χ1v) is 4.53. The van der Waals surface area contributed by atoms with Gasteiger partial charge in [-0.2, -0.15) is 0 Å². The van der Waals surface area contributed by atoms with Gasteiger partial charge in [-0.3, -0.25) is 4.79 Å². The normalized spacial score (nSPS) is 12.9. The van der Waals surface area contributed by atoms with Gasteiger partial charge in [-0.15, -0.1) is 0 Å². The van der Waals surface area contributed by atoms with E-state index in [1.165, 1.54) is 0 Å². The maximum atomic E-state index is 11.1. The lowest BCUT2D eigenvalue weighted by Gasteiger charge is -2.10. The third kappa shape index (κ3) is 6.31. The average Bonchev–Trinajstić information content (AvgIpc) is 2.01. The molecule has 0 rings (SSSR count). The van der Waals surface area contributed by atoms with Crippen LogP contribution in [0.4, 0.5) is 0 Å². The van der Waals surface area contributed by atoms with Crippen molar-refractivity contribution in [2.75, 3.05) is 19.8 Å². The predicted molar refractivity (Wildman–Crippen MR) is 49.3 cm³/mol. The summed E-state index contributed by atoms with van der Waals surface area (Å²) >= 11 is 0.